The zero-order chi connectivity index (χ0) is 21.0. The van der Waals surface area contributed by atoms with Crippen molar-refractivity contribution in [1.82, 2.24) is 9.21 Å². The number of thioether (sulfide) groups is 1. The van der Waals surface area contributed by atoms with Crippen LogP contribution in [-0.4, -0.2) is 67.3 Å². The summed E-state index contributed by atoms with van der Waals surface area (Å²) in [7, 11) is -3.65. The molecule has 0 atom stereocenters. The Morgan fingerprint density at radius 3 is 2.57 bits per heavy atom. The van der Waals surface area contributed by atoms with E-state index < -0.39 is 10.0 Å². The average Bonchev–Trinajstić information content (AvgIpc) is 3.27. The second-order valence-corrected chi connectivity index (χ2v) is 9.93. The molecule has 0 unspecified atom stereocenters. The Morgan fingerprint density at radius 2 is 1.80 bits per heavy atom. The predicted molar refractivity (Wildman–Crippen MR) is 117 cm³/mol. The Hall–Kier alpha value is -2.20. The first-order valence-electron chi connectivity index (χ1n) is 9.77. The van der Waals surface area contributed by atoms with Gasteiger partial charge in [0.25, 0.3) is 5.91 Å². The van der Waals surface area contributed by atoms with Crippen LogP contribution in [0, 0.1) is 0 Å². The fourth-order valence-electron chi connectivity index (χ4n) is 3.34. The number of amidine groups is 1. The number of ether oxygens (including phenoxy) is 1. The number of benzene rings is 2. The lowest BCUT2D eigenvalue weighted by molar-refractivity contribution is 0.0730. The molecule has 0 bridgehead atoms. The van der Waals surface area contributed by atoms with E-state index in [-0.39, 0.29) is 10.8 Å². The zero-order valence-corrected chi connectivity index (χ0v) is 18.1. The van der Waals surface area contributed by atoms with Gasteiger partial charge in [-0.25, -0.2) is 8.42 Å². The topological polar surface area (TPSA) is 79.3 Å². The summed E-state index contributed by atoms with van der Waals surface area (Å²) in [6.07, 6.45) is 0. The minimum Gasteiger partial charge on any atom is -0.379 e. The van der Waals surface area contributed by atoms with Gasteiger partial charge in [-0.3, -0.25) is 14.7 Å². The molecule has 2 aliphatic heterocycles. The second kappa shape index (κ2) is 9.30. The molecule has 2 saturated heterocycles. The van der Waals surface area contributed by atoms with Crippen LogP contribution in [0.5, 0.6) is 0 Å². The van der Waals surface area contributed by atoms with E-state index in [1.807, 2.05) is 30.3 Å². The van der Waals surface area contributed by atoms with Crippen molar-refractivity contribution in [3.8, 4) is 0 Å². The fourth-order valence-corrected chi connectivity index (χ4v) is 5.74. The lowest BCUT2D eigenvalue weighted by atomic mass is 10.2. The second-order valence-electron chi connectivity index (χ2n) is 6.93. The van der Waals surface area contributed by atoms with Crippen LogP contribution in [0.15, 0.2) is 64.5 Å². The van der Waals surface area contributed by atoms with Gasteiger partial charge in [-0.15, -0.1) is 0 Å². The molecular weight excluding hydrogens is 422 g/mol. The van der Waals surface area contributed by atoms with Crippen LogP contribution >= 0.6 is 11.8 Å². The first-order chi connectivity index (χ1) is 14.6. The van der Waals surface area contributed by atoms with E-state index in [0.717, 1.165) is 11.3 Å². The fraction of sp³-hybridized carbons (Fsp3) is 0.333. The first-order valence-corrected chi connectivity index (χ1v) is 12.2. The molecule has 2 aromatic carbocycles. The highest BCUT2D eigenvalue weighted by atomic mass is 32.2. The minimum atomic E-state index is -3.65. The summed E-state index contributed by atoms with van der Waals surface area (Å²) in [5.41, 5.74) is 1.42. The molecule has 1 amide bonds. The lowest BCUT2D eigenvalue weighted by Crippen LogP contribution is -2.40. The van der Waals surface area contributed by atoms with Gasteiger partial charge in [-0.2, -0.15) is 4.31 Å². The maximum Gasteiger partial charge on any atom is 0.259 e. The van der Waals surface area contributed by atoms with Gasteiger partial charge < -0.3 is 4.74 Å². The van der Waals surface area contributed by atoms with E-state index in [2.05, 4.69) is 4.99 Å². The minimum absolute atomic E-state index is 0.130. The molecule has 2 heterocycles. The Balaban J connectivity index is 1.53. The number of amides is 1. The highest BCUT2D eigenvalue weighted by Gasteiger charge is 2.30. The summed E-state index contributed by atoms with van der Waals surface area (Å²) in [4.78, 5) is 19.5. The maximum absolute atomic E-state index is 13.1. The molecular formula is C21H23N3O4S2. The smallest absolute Gasteiger partial charge is 0.259 e. The van der Waals surface area contributed by atoms with Gasteiger partial charge in [0.05, 0.1) is 24.7 Å². The molecule has 30 heavy (non-hydrogen) atoms. The van der Waals surface area contributed by atoms with Crippen molar-refractivity contribution in [2.75, 3.05) is 38.6 Å². The van der Waals surface area contributed by atoms with Crippen LogP contribution in [0.3, 0.4) is 0 Å². The summed E-state index contributed by atoms with van der Waals surface area (Å²) < 4.78 is 32.5. The van der Waals surface area contributed by atoms with Crippen LogP contribution in [0.1, 0.15) is 15.9 Å². The highest BCUT2D eigenvalue weighted by molar-refractivity contribution is 8.14. The van der Waals surface area contributed by atoms with Crippen molar-refractivity contribution in [3.63, 3.8) is 0 Å². The molecule has 2 aromatic rings. The zero-order valence-electron chi connectivity index (χ0n) is 16.4. The largest absolute Gasteiger partial charge is 0.379 e. The Kier molecular flexibility index (Phi) is 6.52. The molecule has 0 aromatic heterocycles. The van der Waals surface area contributed by atoms with E-state index in [9.17, 15) is 13.2 Å². The molecule has 0 spiro atoms. The van der Waals surface area contributed by atoms with Crippen LogP contribution in [-0.2, 0) is 21.3 Å². The highest BCUT2D eigenvalue weighted by Crippen LogP contribution is 2.24. The van der Waals surface area contributed by atoms with Crippen LogP contribution in [0.4, 0.5) is 0 Å². The molecule has 0 N–H and O–H groups in total. The number of hydrogen-bond acceptors (Lipinski definition) is 6. The third-order valence-electron chi connectivity index (χ3n) is 4.95. The molecule has 0 saturated carbocycles. The number of hydrogen-bond donors (Lipinski definition) is 0. The van der Waals surface area contributed by atoms with Gasteiger partial charge in [-0.1, -0.05) is 48.2 Å². The van der Waals surface area contributed by atoms with E-state index in [1.54, 1.807) is 17.0 Å². The van der Waals surface area contributed by atoms with E-state index in [4.69, 9.17) is 4.74 Å². The van der Waals surface area contributed by atoms with Gasteiger partial charge in [0.2, 0.25) is 10.0 Å². The van der Waals surface area contributed by atoms with Gasteiger partial charge in [0.15, 0.2) is 5.17 Å². The van der Waals surface area contributed by atoms with Crippen molar-refractivity contribution < 1.29 is 17.9 Å². The first kappa shape index (κ1) is 21.0. The normalized spacial score (nSPS) is 19.3. The summed E-state index contributed by atoms with van der Waals surface area (Å²) in [5.74, 6) is 0.538. The molecule has 158 valence electrons. The quantitative estimate of drug-likeness (QED) is 0.706. The number of morpholine rings is 1. The Bertz CT molecular complexity index is 1040. The Labute approximate surface area is 180 Å². The van der Waals surface area contributed by atoms with Crippen molar-refractivity contribution in [2.45, 2.75) is 11.4 Å². The van der Waals surface area contributed by atoms with E-state index in [0.29, 0.717) is 50.1 Å². The number of carbonyl (C=O) groups excluding carboxylic acids is 1. The number of nitrogens with zero attached hydrogens (tertiary/aromatic N) is 3. The summed E-state index contributed by atoms with van der Waals surface area (Å²) >= 11 is 1.54. The van der Waals surface area contributed by atoms with Crippen LogP contribution in [0.25, 0.3) is 0 Å². The number of rotatable bonds is 5. The maximum atomic E-state index is 13.1. The molecule has 4 rings (SSSR count). The molecule has 0 aliphatic carbocycles. The van der Waals surface area contributed by atoms with Crippen molar-refractivity contribution in [1.29, 1.82) is 0 Å². The standard InChI is InChI=1S/C21H23N3O4S2/c25-20(24-11-14-29-21(24)22-16-17-5-2-1-3-6-17)18-7-4-8-19(15-18)30(26,27)23-9-12-28-13-10-23/h1-8,15H,9-14,16H2. The molecule has 9 heteroatoms. The van der Waals surface area contributed by atoms with Gasteiger partial charge >= 0.3 is 0 Å². The van der Waals surface area contributed by atoms with Crippen molar-refractivity contribution in [2.24, 2.45) is 4.99 Å². The van der Waals surface area contributed by atoms with E-state index in [1.165, 1.54) is 28.2 Å². The van der Waals surface area contributed by atoms with Gasteiger partial charge in [0, 0.05) is 31.0 Å². The summed E-state index contributed by atoms with van der Waals surface area (Å²) in [5, 5.41) is 0.672. The van der Waals surface area contributed by atoms with Gasteiger partial charge in [0.1, 0.15) is 0 Å². The monoisotopic (exact) mass is 445 g/mol. The predicted octanol–water partition coefficient (Wildman–Crippen LogP) is 2.45. The SMILES string of the molecule is O=C(c1cccc(S(=O)(=O)N2CCOCC2)c1)N1CCSC1=NCc1ccccc1. The van der Waals surface area contributed by atoms with Crippen molar-refractivity contribution in [3.05, 3.63) is 65.7 Å². The molecule has 0 radical (unpaired) electrons. The molecule has 2 aliphatic rings. The average molecular weight is 446 g/mol. The van der Waals surface area contributed by atoms with Crippen molar-refractivity contribution >= 4 is 32.9 Å². The summed E-state index contributed by atoms with van der Waals surface area (Å²) in [6.45, 7) is 2.45. The number of sulfonamides is 1. The van der Waals surface area contributed by atoms with E-state index >= 15 is 0 Å². The lowest BCUT2D eigenvalue weighted by Gasteiger charge is -2.26. The third kappa shape index (κ3) is 4.59. The van der Waals surface area contributed by atoms with Gasteiger partial charge in [-0.05, 0) is 23.8 Å². The van der Waals surface area contributed by atoms with Crippen LogP contribution < -0.4 is 0 Å². The number of carbonyl (C=O) groups is 1. The Morgan fingerprint density at radius 1 is 1.03 bits per heavy atom. The third-order valence-corrected chi connectivity index (χ3v) is 7.84. The number of aliphatic imine (C=N–C) groups is 1. The van der Waals surface area contributed by atoms with Crippen LogP contribution in [0.2, 0.25) is 0 Å². The summed E-state index contributed by atoms with van der Waals surface area (Å²) in [6, 6.07) is 16.1. The molecule has 7 nitrogen and oxygen atoms in total. The molecule has 2 fully saturated rings.